The highest BCUT2D eigenvalue weighted by Crippen LogP contribution is 2.65. The predicted octanol–water partition coefficient (Wildman–Crippen LogP) is 4.93. The molecule has 0 heterocycles. The molecule has 134 valence electrons. The minimum absolute atomic E-state index is 0.318. The Morgan fingerprint density at radius 1 is 1.12 bits per heavy atom. The zero-order chi connectivity index (χ0) is 17.5. The molecule has 0 aliphatic heterocycles. The minimum atomic E-state index is -0.596. The predicted molar refractivity (Wildman–Crippen MR) is 99.6 cm³/mol. The highest BCUT2D eigenvalue weighted by molar-refractivity contribution is 5.32. The molecule has 0 unspecified atom stereocenters. The molecular formula is C22H34O2. The van der Waals surface area contributed by atoms with Crippen LogP contribution in [0, 0.1) is 16.7 Å². The van der Waals surface area contributed by atoms with Crippen molar-refractivity contribution in [3.8, 4) is 0 Å². The quantitative estimate of drug-likeness (QED) is 0.705. The molecular weight excluding hydrogens is 296 g/mol. The van der Waals surface area contributed by atoms with Crippen molar-refractivity contribution in [2.75, 3.05) is 0 Å². The second-order valence-corrected chi connectivity index (χ2v) is 8.78. The molecule has 0 aromatic heterocycles. The summed E-state index contributed by atoms with van der Waals surface area (Å²) in [5.41, 5.74) is 4.06. The summed E-state index contributed by atoms with van der Waals surface area (Å²) in [5.74, 6) is 0.848. The fraction of sp³-hybridized carbons (Fsp3) is 0.727. The lowest BCUT2D eigenvalue weighted by Gasteiger charge is -2.50. The molecule has 0 bridgehead atoms. The lowest BCUT2D eigenvalue weighted by atomic mass is 9.54. The standard InChI is InChI=1S/C22H34O2/c1-5-17-10-12-22(4)18(7-6-11-21(17,22)3)9-8-16-13-19(23)15(2)20(24)14-16/h8-9,17,19-20,23-24H,2,5-7,10-14H2,1,3-4H3/b18-9-/t17-,19+,20+,21+,22-/m0/s1. The molecule has 0 amide bonds. The Balaban J connectivity index is 1.85. The Hall–Kier alpha value is -0.860. The van der Waals surface area contributed by atoms with Crippen molar-refractivity contribution in [2.45, 2.75) is 84.3 Å². The average Bonchev–Trinajstić information content (AvgIpc) is 2.81. The van der Waals surface area contributed by atoms with Gasteiger partial charge in [0.1, 0.15) is 0 Å². The molecule has 3 aliphatic rings. The number of aliphatic hydroxyl groups excluding tert-OH is 2. The molecule has 3 aliphatic carbocycles. The molecule has 3 rings (SSSR count). The number of allylic oxidation sites excluding steroid dienone is 3. The van der Waals surface area contributed by atoms with Crippen molar-refractivity contribution in [2.24, 2.45) is 16.7 Å². The molecule has 0 saturated heterocycles. The summed E-state index contributed by atoms with van der Waals surface area (Å²) in [6, 6.07) is 0. The van der Waals surface area contributed by atoms with Crippen molar-refractivity contribution in [1.82, 2.24) is 0 Å². The number of hydrogen-bond donors (Lipinski definition) is 2. The van der Waals surface area contributed by atoms with E-state index in [1.807, 2.05) is 0 Å². The lowest BCUT2D eigenvalue weighted by Crippen LogP contribution is -2.41. The van der Waals surface area contributed by atoms with Crippen LogP contribution in [0.4, 0.5) is 0 Å². The van der Waals surface area contributed by atoms with E-state index in [1.54, 1.807) is 5.57 Å². The summed E-state index contributed by atoms with van der Waals surface area (Å²) < 4.78 is 0. The molecule has 24 heavy (non-hydrogen) atoms. The molecule has 0 spiro atoms. The van der Waals surface area contributed by atoms with E-state index in [0.29, 0.717) is 29.2 Å². The lowest BCUT2D eigenvalue weighted by molar-refractivity contribution is 0.0591. The van der Waals surface area contributed by atoms with Gasteiger partial charge in [0.25, 0.3) is 0 Å². The van der Waals surface area contributed by atoms with Gasteiger partial charge in [0.05, 0.1) is 12.2 Å². The van der Waals surface area contributed by atoms with Crippen LogP contribution in [0.5, 0.6) is 0 Å². The van der Waals surface area contributed by atoms with Crippen molar-refractivity contribution in [3.63, 3.8) is 0 Å². The van der Waals surface area contributed by atoms with Gasteiger partial charge in [0.15, 0.2) is 0 Å². The molecule has 0 aromatic carbocycles. The van der Waals surface area contributed by atoms with Gasteiger partial charge >= 0.3 is 0 Å². The van der Waals surface area contributed by atoms with E-state index in [1.165, 1.54) is 38.5 Å². The number of aliphatic hydroxyl groups is 2. The van der Waals surface area contributed by atoms with E-state index >= 15 is 0 Å². The van der Waals surface area contributed by atoms with Crippen molar-refractivity contribution in [3.05, 3.63) is 35.5 Å². The molecule has 2 nitrogen and oxygen atoms in total. The Bertz CT molecular complexity index is 557. The maximum Gasteiger partial charge on any atom is 0.0809 e. The molecule has 2 heteroatoms. The van der Waals surface area contributed by atoms with Crippen LogP contribution < -0.4 is 0 Å². The third-order valence-corrected chi connectivity index (χ3v) is 7.79. The molecule has 3 saturated carbocycles. The van der Waals surface area contributed by atoms with E-state index in [9.17, 15) is 10.2 Å². The van der Waals surface area contributed by atoms with Gasteiger partial charge in [-0.05, 0) is 67.3 Å². The first kappa shape index (κ1) is 17.9. The largest absolute Gasteiger partial charge is 0.388 e. The van der Waals surface area contributed by atoms with E-state index in [2.05, 4.69) is 39.5 Å². The Morgan fingerprint density at radius 3 is 2.42 bits per heavy atom. The van der Waals surface area contributed by atoms with Gasteiger partial charge in [-0.3, -0.25) is 0 Å². The summed E-state index contributed by atoms with van der Waals surface area (Å²) in [7, 11) is 0. The smallest absolute Gasteiger partial charge is 0.0809 e. The van der Waals surface area contributed by atoms with Crippen molar-refractivity contribution >= 4 is 0 Å². The first-order valence-corrected chi connectivity index (χ1v) is 9.75. The summed E-state index contributed by atoms with van der Waals surface area (Å²) in [6.07, 6.45) is 12.4. The van der Waals surface area contributed by atoms with Gasteiger partial charge in [0, 0.05) is 0 Å². The van der Waals surface area contributed by atoms with Crippen LogP contribution in [0.25, 0.3) is 0 Å². The molecule has 3 fully saturated rings. The van der Waals surface area contributed by atoms with Crippen molar-refractivity contribution in [1.29, 1.82) is 0 Å². The monoisotopic (exact) mass is 330 g/mol. The summed E-state index contributed by atoms with van der Waals surface area (Å²) >= 11 is 0. The Labute approximate surface area is 147 Å². The zero-order valence-electron chi connectivity index (χ0n) is 15.6. The molecule has 5 atom stereocenters. The topological polar surface area (TPSA) is 40.5 Å². The van der Waals surface area contributed by atoms with Crippen LogP contribution in [0.2, 0.25) is 0 Å². The maximum absolute atomic E-state index is 10.0. The number of hydrogen-bond acceptors (Lipinski definition) is 2. The Morgan fingerprint density at radius 2 is 1.79 bits per heavy atom. The van der Waals surface area contributed by atoms with E-state index in [4.69, 9.17) is 0 Å². The van der Waals surface area contributed by atoms with E-state index in [-0.39, 0.29) is 0 Å². The van der Waals surface area contributed by atoms with Crippen LogP contribution in [-0.2, 0) is 0 Å². The van der Waals surface area contributed by atoms with Gasteiger partial charge in [-0.15, -0.1) is 0 Å². The SMILES string of the molecule is C=C1[C@H](O)CC(=C/C=C2/CCC[C@]3(C)[C@@H](CC)CC[C@@]23C)C[C@H]1O. The van der Waals surface area contributed by atoms with Crippen molar-refractivity contribution < 1.29 is 10.2 Å². The normalized spacial score (nSPS) is 44.7. The number of fused-ring (bicyclic) bond motifs is 1. The zero-order valence-corrected chi connectivity index (χ0v) is 15.6. The highest BCUT2D eigenvalue weighted by atomic mass is 16.3. The van der Waals surface area contributed by atoms with Crippen LogP contribution in [-0.4, -0.2) is 22.4 Å². The van der Waals surface area contributed by atoms with Gasteiger partial charge in [-0.25, -0.2) is 0 Å². The summed E-state index contributed by atoms with van der Waals surface area (Å²) in [4.78, 5) is 0. The third kappa shape index (κ3) is 2.72. The Kier molecular flexibility index (Phi) is 4.83. The number of rotatable bonds is 2. The summed E-state index contributed by atoms with van der Waals surface area (Å²) in [6.45, 7) is 11.2. The van der Waals surface area contributed by atoms with E-state index < -0.39 is 12.2 Å². The first-order chi connectivity index (χ1) is 11.3. The molecule has 0 aromatic rings. The van der Waals surface area contributed by atoms with E-state index in [0.717, 1.165) is 11.5 Å². The fourth-order valence-electron chi connectivity index (χ4n) is 5.79. The van der Waals surface area contributed by atoms with Gasteiger partial charge in [-0.2, -0.15) is 0 Å². The second-order valence-electron chi connectivity index (χ2n) is 8.78. The van der Waals surface area contributed by atoms with Crippen LogP contribution >= 0.6 is 0 Å². The second kappa shape index (κ2) is 6.46. The maximum atomic E-state index is 10.0. The summed E-state index contributed by atoms with van der Waals surface area (Å²) in [5, 5.41) is 20.1. The highest BCUT2D eigenvalue weighted by Gasteiger charge is 2.56. The fourth-order valence-corrected chi connectivity index (χ4v) is 5.79. The van der Waals surface area contributed by atoms with Gasteiger partial charge < -0.3 is 10.2 Å². The van der Waals surface area contributed by atoms with Crippen LogP contribution in [0.1, 0.15) is 72.1 Å². The minimum Gasteiger partial charge on any atom is -0.388 e. The van der Waals surface area contributed by atoms with Gasteiger partial charge in [0.2, 0.25) is 0 Å². The molecule has 2 N–H and O–H groups in total. The van der Waals surface area contributed by atoms with Gasteiger partial charge in [-0.1, -0.05) is 57.1 Å². The van der Waals surface area contributed by atoms with Crippen LogP contribution in [0.15, 0.2) is 35.5 Å². The average molecular weight is 331 g/mol. The first-order valence-electron chi connectivity index (χ1n) is 9.75. The third-order valence-electron chi connectivity index (χ3n) is 7.79. The molecule has 0 radical (unpaired) electrons. The van der Waals surface area contributed by atoms with Crippen LogP contribution in [0.3, 0.4) is 0 Å².